The Labute approximate surface area is 138 Å². The number of sulfonamides is 1. The van der Waals surface area contributed by atoms with Gasteiger partial charge in [0.25, 0.3) is 0 Å². The zero-order chi connectivity index (χ0) is 15.7. The summed E-state index contributed by atoms with van der Waals surface area (Å²) in [5.74, 6) is -0.120. The fraction of sp³-hybridized carbons (Fsp3) is 0.500. The van der Waals surface area contributed by atoms with E-state index in [4.69, 9.17) is 5.73 Å². The van der Waals surface area contributed by atoms with Crippen LogP contribution in [-0.4, -0.2) is 27.1 Å². The molecule has 0 saturated heterocycles. The van der Waals surface area contributed by atoms with Gasteiger partial charge in [-0.25, -0.2) is 8.42 Å². The highest BCUT2D eigenvalue weighted by molar-refractivity contribution is 7.92. The molecule has 6 nitrogen and oxygen atoms in total. The lowest BCUT2D eigenvalue weighted by Gasteiger charge is -2.11. The van der Waals surface area contributed by atoms with Crippen LogP contribution in [0.5, 0.6) is 0 Å². The second kappa shape index (κ2) is 10.4. The molecule has 0 aliphatic rings. The summed E-state index contributed by atoms with van der Waals surface area (Å²) in [4.78, 5) is 11.8. The van der Waals surface area contributed by atoms with Gasteiger partial charge in [-0.05, 0) is 31.5 Å². The van der Waals surface area contributed by atoms with Crippen molar-refractivity contribution in [1.82, 2.24) is 0 Å². The average Bonchev–Trinajstić information content (AvgIpc) is 2.39. The highest BCUT2D eigenvalue weighted by atomic mass is 35.5. The first-order valence-electron chi connectivity index (χ1n) is 6.99. The standard InChI is InChI=1S/C14H23N3O3S.ClH/c1-21(19,20)17-13-9-6-5-8-12(13)16-14(18)10-4-2-3-7-11-15;/h5-6,8-9,17H,2-4,7,10-11,15H2,1H3,(H,16,18);1H. The molecule has 0 spiro atoms. The first-order valence-corrected chi connectivity index (χ1v) is 8.88. The minimum atomic E-state index is -3.38. The molecule has 1 aromatic rings. The van der Waals surface area contributed by atoms with Crippen molar-refractivity contribution in [1.29, 1.82) is 0 Å². The lowest BCUT2D eigenvalue weighted by Crippen LogP contribution is -2.15. The lowest BCUT2D eigenvalue weighted by atomic mass is 10.1. The van der Waals surface area contributed by atoms with Crippen LogP contribution in [0.4, 0.5) is 11.4 Å². The highest BCUT2D eigenvalue weighted by Gasteiger charge is 2.09. The molecule has 0 fully saturated rings. The minimum Gasteiger partial charge on any atom is -0.330 e. The number of hydrogen-bond donors (Lipinski definition) is 3. The number of carbonyl (C=O) groups excluding carboxylic acids is 1. The molecule has 0 aliphatic carbocycles. The van der Waals surface area contributed by atoms with Crippen LogP contribution >= 0.6 is 12.4 Å². The summed E-state index contributed by atoms with van der Waals surface area (Å²) >= 11 is 0. The Kier molecular flexibility index (Phi) is 9.80. The lowest BCUT2D eigenvalue weighted by molar-refractivity contribution is -0.116. The maximum Gasteiger partial charge on any atom is 0.229 e. The van der Waals surface area contributed by atoms with Crippen molar-refractivity contribution in [2.45, 2.75) is 32.1 Å². The summed E-state index contributed by atoms with van der Waals surface area (Å²) in [6.45, 7) is 0.677. The second-order valence-corrected chi connectivity index (χ2v) is 6.67. The average molecular weight is 350 g/mol. The number of rotatable bonds is 9. The zero-order valence-electron chi connectivity index (χ0n) is 12.7. The van der Waals surface area contributed by atoms with E-state index in [2.05, 4.69) is 10.0 Å². The molecule has 0 atom stereocenters. The van der Waals surface area contributed by atoms with E-state index in [0.29, 0.717) is 24.3 Å². The van der Waals surface area contributed by atoms with Gasteiger partial charge in [-0.2, -0.15) is 0 Å². The van der Waals surface area contributed by atoms with Gasteiger partial charge in [-0.3, -0.25) is 9.52 Å². The van der Waals surface area contributed by atoms with Gasteiger partial charge in [0, 0.05) is 6.42 Å². The van der Waals surface area contributed by atoms with E-state index in [1.807, 2.05) is 0 Å². The van der Waals surface area contributed by atoms with Gasteiger partial charge in [0.2, 0.25) is 15.9 Å². The molecule has 0 unspecified atom stereocenters. The van der Waals surface area contributed by atoms with Crippen LogP contribution in [0, 0.1) is 0 Å². The minimum absolute atomic E-state index is 0. The number of carbonyl (C=O) groups is 1. The summed E-state index contributed by atoms with van der Waals surface area (Å²) in [7, 11) is -3.38. The first-order chi connectivity index (χ1) is 9.92. The van der Waals surface area contributed by atoms with Crippen molar-refractivity contribution in [3.63, 3.8) is 0 Å². The third-order valence-electron chi connectivity index (χ3n) is 2.85. The zero-order valence-corrected chi connectivity index (χ0v) is 14.3. The van der Waals surface area contributed by atoms with E-state index in [9.17, 15) is 13.2 Å². The Morgan fingerprint density at radius 1 is 1.09 bits per heavy atom. The van der Waals surface area contributed by atoms with Crippen LogP contribution < -0.4 is 15.8 Å². The molecule has 0 saturated carbocycles. The SMILES string of the molecule is CS(=O)(=O)Nc1ccccc1NC(=O)CCCCCCN.Cl. The van der Waals surface area contributed by atoms with Crippen molar-refractivity contribution < 1.29 is 13.2 Å². The third-order valence-corrected chi connectivity index (χ3v) is 3.45. The number of nitrogens with two attached hydrogens (primary N) is 1. The van der Waals surface area contributed by atoms with Gasteiger partial charge in [0.1, 0.15) is 0 Å². The molecule has 0 aliphatic heterocycles. The molecule has 8 heteroatoms. The largest absolute Gasteiger partial charge is 0.330 e. The Morgan fingerprint density at radius 2 is 1.68 bits per heavy atom. The quantitative estimate of drug-likeness (QED) is 0.595. The molecule has 0 aromatic heterocycles. The van der Waals surface area contributed by atoms with Crippen LogP contribution in [0.1, 0.15) is 32.1 Å². The Hall–Kier alpha value is -1.31. The van der Waals surface area contributed by atoms with E-state index < -0.39 is 10.0 Å². The number of benzene rings is 1. The predicted molar refractivity (Wildman–Crippen MR) is 92.9 cm³/mol. The molecular weight excluding hydrogens is 326 g/mol. The number of nitrogens with one attached hydrogen (secondary N) is 2. The van der Waals surface area contributed by atoms with E-state index in [0.717, 1.165) is 31.9 Å². The molecular formula is C14H24ClN3O3S. The Balaban J connectivity index is 0.00000441. The van der Waals surface area contributed by atoms with Gasteiger partial charge >= 0.3 is 0 Å². The number of unbranched alkanes of at least 4 members (excludes halogenated alkanes) is 3. The molecule has 1 rings (SSSR count). The van der Waals surface area contributed by atoms with Crippen LogP contribution in [0.2, 0.25) is 0 Å². The second-order valence-electron chi connectivity index (χ2n) is 4.92. The Morgan fingerprint density at radius 3 is 2.27 bits per heavy atom. The number of anilines is 2. The van der Waals surface area contributed by atoms with Crippen molar-refractivity contribution in [2.24, 2.45) is 5.73 Å². The molecule has 1 amide bonds. The third kappa shape index (κ3) is 8.86. The van der Waals surface area contributed by atoms with Gasteiger partial charge in [-0.1, -0.05) is 25.0 Å². The van der Waals surface area contributed by atoms with Crippen molar-refractivity contribution in [3.05, 3.63) is 24.3 Å². The molecule has 4 N–H and O–H groups in total. The number of halogens is 1. The molecule has 0 radical (unpaired) electrons. The maximum absolute atomic E-state index is 11.8. The number of amides is 1. The normalized spacial score (nSPS) is 10.6. The van der Waals surface area contributed by atoms with Gasteiger partial charge in [-0.15, -0.1) is 12.4 Å². The molecule has 0 bridgehead atoms. The summed E-state index contributed by atoms with van der Waals surface area (Å²) < 4.78 is 24.9. The maximum atomic E-state index is 11.8. The van der Waals surface area contributed by atoms with E-state index in [1.54, 1.807) is 24.3 Å². The van der Waals surface area contributed by atoms with Crippen LogP contribution in [0.15, 0.2) is 24.3 Å². The summed E-state index contributed by atoms with van der Waals surface area (Å²) in [6, 6.07) is 6.72. The van der Waals surface area contributed by atoms with Gasteiger partial charge < -0.3 is 11.1 Å². The molecule has 22 heavy (non-hydrogen) atoms. The smallest absolute Gasteiger partial charge is 0.229 e. The predicted octanol–water partition coefficient (Wildman–Crippen LogP) is 2.33. The van der Waals surface area contributed by atoms with Crippen molar-refractivity contribution in [2.75, 3.05) is 22.8 Å². The number of para-hydroxylation sites is 2. The Bertz CT molecular complexity index is 564. The fourth-order valence-corrected chi connectivity index (χ4v) is 2.45. The van der Waals surface area contributed by atoms with Crippen molar-refractivity contribution in [3.8, 4) is 0 Å². The van der Waals surface area contributed by atoms with Crippen LogP contribution in [-0.2, 0) is 14.8 Å². The fourth-order valence-electron chi connectivity index (χ4n) is 1.88. The monoisotopic (exact) mass is 349 g/mol. The van der Waals surface area contributed by atoms with Gasteiger partial charge in [0.05, 0.1) is 17.6 Å². The topological polar surface area (TPSA) is 101 Å². The highest BCUT2D eigenvalue weighted by Crippen LogP contribution is 2.22. The summed E-state index contributed by atoms with van der Waals surface area (Å²) in [6.07, 6.45) is 5.25. The number of hydrogen-bond acceptors (Lipinski definition) is 4. The molecule has 0 heterocycles. The first kappa shape index (κ1) is 20.7. The van der Waals surface area contributed by atoms with Gasteiger partial charge in [0.15, 0.2) is 0 Å². The van der Waals surface area contributed by atoms with Crippen LogP contribution in [0.3, 0.4) is 0 Å². The summed E-state index contributed by atoms with van der Waals surface area (Å²) in [5, 5.41) is 2.73. The van der Waals surface area contributed by atoms with E-state index >= 15 is 0 Å². The molecule has 1 aromatic carbocycles. The summed E-state index contributed by atoms with van der Waals surface area (Å²) in [5.41, 5.74) is 6.24. The van der Waals surface area contributed by atoms with E-state index in [1.165, 1.54) is 0 Å². The van der Waals surface area contributed by atoms with Crippen LogP contribution in [0.25, 0.3) is 0 Å². The van der Waals surface area contributed by atoms with E-state index in [-0.39, 0.29) is 18.3 Å². The van der Waals surface area contributed by atoms with Crippen molar-refractivity contribution >= 4 is 39.7 Å². The molecule has 126 valence electrons.